The highest BCUT2D eigenvalue weighted by molar-refractivity contribution is 6.53. The second-order valence-electron chi connectivity index (χ2n) is 3.49. The number of nitro benzene ring substituents is 1. The molecule has 0 saturated heterocycles. The van der Waals surface area contributed by atoms with Crippen molar-refractivity contribution in [2.45, 2.75) is 11.3 Å². The first-order valence-electron chi connectivity index (χ1n) is 4.90. The number of halogens is 2. The SMILES string of the molecule is C=C(Cc1ccc([N+](=O)[O-])cc1)NC(=O)C(Cl)Cl. The van der Waals surface area contributed by atoms with Crippen molar-refractivity contribution in [1.82, 2.24) is 5.32 Å². The zero-order valence-electron chi connectivity index (χ0n) is 9.23. The van der Waals surface area contributed by atoms with Crippen molar-refractivity contribution in [3.8, 4) is 0 Å². The van der Waals surface area contributed by atoms with Gasteiger partial charge in [0.1, 0.15) is 0 Å². The summed E-state index contributed by atoms with van der Waals surface area (Å²) in [6, 6.07) is 5.95. The maximum Gasteiger partial charge on any atom is 0.269 e. The summed E-state index contributed by atoms with van der Waals surface area (Å²) >= 11 is 10.7. The number of non-ortho nitro benzene ring substituents is 1. The molecule has 5 nitrogen and oxygen atoms in total. The lowest BCUT2D eigenvalue weighted by molar-refractivity contribution is -0.384. The Balaban J connectivity index is 2.60. The van der Waals surface area contributed by atoms with E-state index in [1.54, 1.807) is 12.1 Å². The number of hydrogen-bond acceptors (Lipinski definition) is 3. The third-order valence-electron chi connectivity index (χ3n) is 2.06. The highest BCUT2D eigenvalue weighted by Gasteiger charge is 2.12. The van der Waals surface area contributed by atoms with Crippen molar-refractivity contribution in [3.05, 3.63) is 52.2 Å². The van der Waals surface area contributed by atoms with Crippen LogP contribution >= 0.6 is 23.2 Å². The smallest absolute Gasteiger partial charge is 0.269 e. The Kier molecular flexibility index (Phi) is 5.12. The molecule has 7 heteroatoms. The maximum atomic E-state index is 11.2. The standard InChI is InChI=1S/C11H10Cl2N2O3/c1-7(14-11(16)10(12)13)6-8-2-4-9(5-3-8)15(17)18/h2-5,10H,1,6H2,(H,14,16). The Bertz CT molecular complexity index is 472. The van der Waals surface area contributed by atoms with Gasteiger partial charge >= 0.3 is 0 Å². The fourth-order valence-corrected chi connectivity index (χ4v) is 1.36. The molecule has 1 aromatic carbocycles. The molecular weight excluding hydrogens is 279 g/mol. The summed E-state index contributed by atoms with van der Waals surface area (Å²) in [6.45, 7) is 3.65. The number of benzene rings is 1. The Labute approximate surface area is 114 Å². The molecule has 0 saturated carbocycles. The van der Waals surface area contributed by atoms with Crippen molar-refractivity contribution >= 4 is 34.8 Å². The molecule has 0 fully saturated rings. The Morgan fingerprint density at radius 2 is 1.94 bits per heavy atom. The maximum absolute atomic E-state index is 11.2. The molecule has 1 rings (SSSR count). The number of carbonyl (C=O) groups excluding carboxylic acids is 1. The van der Waals surface area contributed by atoms with E-state index in [1.807, 2.05) is 0 Å². The molecule has 0 bridgehead atoms. The molecule has 0 unspecified atom stereocenters. The van der Waals surface area contributed by atoms with Crippen LogP contribution in [0.3, 0.4) is 0 Å². The molecule has 1 amide bonds. The molecular formula is C11H10Cl2N2O3. The first-order valence-corrected chi connectivity index (χ1v) is 5.77. The zero-order chi connectivity index (χ0) is 13.7. The van der Waals surface area contributed by atoms with Crippen LogP contribution in [0.4, 0.5) is 5.69 Å². The topological polar surface area (TPSA) is 72.2 Å². The lowest BCUT2D eigenvalue weighted by Gasteiger charge is -2.08. The molecule has 0 aliphatic heterocycles. The Morgan fingerprint density at radius 3 is 2.39 bits per heavy atom. The number of rotatable bonds is 5. The molecule has 0 aromatic heterocycles. The predicted octanol–water partition coefficient (Wildman–Crippen LogP) is 2.57. The van der Waals surface area contributed by atoms with Gasteiger partial charge in [-0.1, -0.05) is 41.9 Å². The van der Waals surface area contributed by atoms with Crippen molar-refractivity contribution < 1.29 is 9.72 Å². The van der Waals surface area contributed by atoms with E-state index in [9.17, 15) is 14.9 Å². The summed E-state index contributed by atoms with van der Waals surface area (Å²) in [5, 5.41) is 12.9. The largest absolute Gasteiger partial charge is 0.328 e. The molecule has 1 aromatic rings. The molecule has 0 atom stereocenters. The van der Waals surface area contributed by atoms with Gasteiger partial charge in [0.15, 0.2) is 4.84 Å². The highest BCUT2D eigenvalue weighted by Crippen LogP contribution is 2.14. The number of nitro groups is 1. The van der Waals surface area contributed by atoms with E-state index in [1.165, 1.54) is 12.1 Å². The fourth-order valence-electron chi connectivity index (χ4n) is 1.25. The summed E-state index contributed by atoms with van der Waals surface area (Å²) in [5.74, 6) is -0.551. The van der Waals surface area contributed by atoms with Gasteiger partial charge in [-0.15, -0.1) is 0 Å². The summed E-state index contributed by atoms with van der Waals surface area (Å²) < 4.78 is 0. The van der Waals surface area contributed by atoms with Gasteiger partial charge in [0.05, 0.1) is 4.92 Å². The molecule has 0 heterocycles. The predicted molar refractivity (Wildman–Crippen MR) is 69.6 cm³/mol. The van der Waals surface area contributed by atoms with E-state index in [0.29, 0.717) is 12.1 Å². The van der Waals surface area contributed by atoms with Gasteiger partial charge < -0.3 is 5.32 Å². The average Bonchev–Trinajstić information content (AvgIpc) is 2.29. The second-order valence-corrected chi connectivity index (χ2v) is 4.59. The van der Waals surface area contributed by atoms with Gasteiger partial charge in [0.2, 0.25) is 0 Å². The minimum absolute atomic E-state index is 0.00924. The van der Waals surface area contributed by atoms with Crippen LogP contribution in [0.2, 0.25) is 0 Å². The minimum atomic E-state index is -1.15. The quantitative estimate of drug-likeness (QED) is 0.514. The van der Waals surface area contributed by atoms with Crippen LogP contribution in [0, 0.1) is 10.1 Å². The van der Waals surface area contributed by atoms with Gasteiger partial charge in [-0.2, -0.15) is 0 Å². The van der Waals surface area contributed by atoms with Crippen LogP contribution < -0.4 is 5.32 Å². The minimum Gasteiger partial charge on any atom is -0.328 e. The Morgan fingerprint density at radius 1 is 1.39 bits per heavy atom. The summed E-state index contributed by atoms with van der Waals surface area (Å²) in [6.07, 6.45) is 0.351. The highest BCUT2D eigenvalue weighted by atomic mass is 35.5. The van der Waals surface area contributed by atoms with Crippen LogP contribution in [-0.2, 0) is 11.2 Å². The van der Waals surface area contributed by atoms with E-state index < -0.39 is 15.7 Å². The van der Waals surface area contributed by atoms with Gasteiger partial charge in [0.25, 0.3) is 11.6 Å². The number of nitrogens with zero attached hydrogens (tertiary/aromatic N) is 1. The van der Waals surface area contributed by atoms with Gasteiger partial charge in [-0.3, -0.25) is 14.9 Å². The van der Waals surface area contributed by atoms with Crippen LogP contribution in [-0.4, -0.2) is 15.7 Å². The first-order chi connectivity index (χ1) is 8.40. The molecule has 18 heavy (non-hydrogen) atoms. The van der Waals surface area contributed by atoms with E-state index >= 15 is 0 Å². The summed E-state index contributed by atoms with van der Waals surface area (Å²) in [5.41, 5.74) is 1.21. The first kappa shape index (κ1) is 14.5. The Hall–Kier alpha value is -1.59. The summed E-state index contributed by atoms with van der Waals surface area (Å²) in [4.78, 5) is 20.0. The van der Waals surface area contributed by atoms with E-state index in [-0.39, 0.29) is 5.69 Å². The third-order valence-corrected chi connectivity index (χ3v) is 2.46. The van der Waals surface area contributed by atoms with Gasteiger partial charge in [-0.25, -0.2) is 0 Å². The molecule has 1 N–H and O–H groups in total. The van der Waals surface area contributed by atoms with E-state index in [2.05, 4.69) is 11.9 Å². The average molecular weight is 289 g/mol. The second kappa shape index (κ2) is 6.37. The fraction of sp³-hybridized carbons (Fsp3) is 0.182. The lowest BCUT2D eigenvalue weighted by atomic mass is 10.1. The van der Waals surface area contributed by atoms with Crippen molar-refractivity contribution in [3.63, 3.8) is 0 Å². The summed E-state index contributed by atoms with van der Waals surface area (Å²) in [7, 11) is 0. The van der Waals surface area contributed by atoms with Crippen LogP contribution in [0.5, 0.6) is 0 Å². The van der Waals surface area contributed by atoms with Crippen LogP contribution in [0.15, 0.2) is 36.5 Å². The van der Waals surface area contributed by atoms with Gasteiger partial charge in [0, 0.05) is 24.3 Å². The number of hydrogen-bond donors (Lipinski definition) is 1. The molecule has 0 spiro atoms. The number of amides is 1. The number of nitrogens with one attached hydrogen (secondary N) is 1. The molecule has 0 radical (unpaired) electrons. The lowest BCUT2D eigenvalue weighted by Crippen LogP contribution is -2.28. The number of alkyl halides is 2. The zero-order valence-corrected chi connectivity index (χ0v) is 10.7. The monoisotopic (exact) mass is 288 g/mol. The number of carbonyl (C=O) groups is 1. The number of allylic oxidation sites excluding steroid dienone is 1. The van der Waals surface area contributed by atoms with Crippen LogP contribution in [0.25, 0.3) is 0 Å². The van der Waals surface area contributed by atoms with Crippen molar-refractivity contribution in [1.29, 1.82) is 0 Å². The molecule has 0 aliphatic rings. The van der Waals surface area contributed by atoms with E-state index in [0.717, 1.165) is 5.56 Å². The van der Waals surface area contributed by atoms with Crippen LogP contribution in [0.1, 0.15) is 5.56 Å². The molecule has 0 aliphatic carbocycles. The normalized spacial score (nSPS) is 10.2. The third kappa shape index (κ3) is 4.35. The molecule has 96 valence electrons. The van der Waals surface area contributed by atoms with Gasteiger partial charge in [-0.05, 0) is 5.56 Å². The van der Waals surface area contributed by atoms with Crippen molar-refractivity contribution in [2.75, 3.05) is 0 Å². The van der Waals surface area contributed by atoms with E-state index in [4.69, 9.17) is 23.2 Å². The van der Waals surface area contributed by atoms with Crippen molar-refractivity contribution in [2.24, 2.45) is 0 Å².